The van der Waals surface area contributed by atoms with Crippen LogP contribution in [0.4, 0.5) is 10.1 Å². The molecule has 0 saturated carbocycles. The number of carbonyl (C=O) groups excluding carboxylic acids is 1. The number of nitrogens with one attached hydrogen (secondary N) is 1. The van der Waals surface area contributed by atoms with Crippen LogP contribution in [0.25, 0.3) is 0 Å². The van der Waals surface area contributed by atoms with E-state index in [-0.39, 0.29) is 12.4 Å². The predicted octanol–water partition coefficient (Wildman–Crippen LogP) is 3.25. The van der Waals surface area contributed by atoms with Crippen LogP contribution in [0, 0.1) is 5.82 Å². The van der Waals surface area contributed by atoms with Crippen LogP contribution in [0.2, 0.25) is 0 Å². The van der Waals surface area contributed by atoms with E-state index in [1.807, 2.05) is 0 Å². The number of benzene rings is 2. The van der Waals surface area contributed by atoms with Crippen LogP contribution in [-0.2, 0) is 4.79 Å². The Morgan fingerprint density at radius 1 is 1.09 bits per heavy atom. The maximum atomic E-state index is 13.7. The molecule has 0 unspecified atom stereocenters. The molecule has 0 aliphatic heterocycles. The molecule has 2 rings (SSSR count). The number of hydrogen-bond acceptors (Lipinski definition) is 4. The molecule has 122 valence electrons. The summed E-state index contributed by atoms with van der Waals surface area (Å²) in [5.41, 5.74) is 0.333. The lowest BCUT2D eigenvalue weighted by Crippen LogP contribution is -2.20. The summed E-state index contributed by atoms with van der Waals surface area (Å²) < 4.78 is 29.3. The molecule has 0 spiro atoms. The minimum atomic E-state index is -0.532. The van der Waals surface area contributed by atoms with Gasteiger partial charge >= 0.3 is 0 Å². The van der Waals surface area contributed by atoms with E-state index < -0.39 is 11.7 Å². The molecule has 0 radical (unpaired) electrons. The maximum absolute atomic E-state index is 13.7. The Morgan fingerprint density at radius 2 is 1.83 bits per heavy atom. The average Bonchev–Trinajstić information content (AvgIpc) is 2.56. The van der Waals surface area contributed by atoms with E-state index in [0.29, 0.717) is 23.8 Å². The van der Waals surface area contributed by atoms with Gasteiger partial charge in [0.2, 0.25) is 0 Å². The van der Waals surface area contributed by atoms with Crippen molar-refractivity contribution in [3.63, 3.8) is 0 Å². The monoisotopic (exact) mass is 319 g/mol. The van der Waals surface area contributed by atoms with Crippen molar-refractivity contribution in [2.45, 2.75) is 6.92 Å². The Kier molecular flexibility index (Phi) is 5.80. The number of ether oxygens (including phenoxy) is 3. The van der Waals surface area contributed by atoms with Gasteiger partial charge in [0, 0.05) is 11.8 Å². The fraction of sp³-hybridized carbons (Fsp3) is 0.235. The molecule has 0 aliphatic carbocycles. The van der Waals surface area contributed by atoms with Crippen molar-refractivity contribution in [1.29, 1.82) is 0 Å². The second-order valence-corrected chi connectivity index (χ2v) is 4.57. The molecule has 0 aliphatic rings. The topological polar surface area (TPSA) is 56.8 Å². The van der Waals surface area contributed by atoms with Crippen molar-refractivity contribution in [2.75, 3.05) is 25.6 Å². The van der Waals surface area contributed by atoms with Crippen LogP contribution in [0.15, 0.2) is 42.5 Å². The van der Waals surface area contributed by atoms with Gasteiger partial charge in [-0.3, -0.25) is 4.79 Å². The van der Waals surface area contributed by atoms with Crippen molar-refractivity contribution in [3.05, 3.63) is 48.3 Å². The highest BCUT2D eigenvalue weighted by Crippen LogP contribution is 2.26. The van der Waals surface area contributed by atoms with E-state index in [2.05, 4.69) is 5.32 Å². The molecule has 2 aromatic carbocycles. The molecule has 6 heteroatoms. The summed E-state index contributed by atoms with van der Waals surface area (Å²) in [4.78, 5) is 11.9. The summed E-state index contributed by atoms with van der Waals surface area (Å²) in [5, 5.41) is 2.56. The molecule has 0 atom stereocenters. The van der Waals surface area contributed by atoms with Gasteiger partial charge in [-0.2, -0.15) is 0 Å². The normalized spacial score (nSPS) is 10.0. The second-order valence-electron chi connectivity index (χ2n) is 4.57. The summed E-state index contributed by atoms with van der Waals surface area (Å²) in [6.07, 6.45) is 0. The molecule has 0 bridgehead atoms. The van der Waals surface area contributed by atoms with E-state index in [1.54, 1.807) is 37.3 Å². The lowest BCUT2D eigenvalue weighted by atomic mass is 10.3. The van der Waals surface area contributed by atoms with Crippen molar-refractivity contribution >= 4 is 11.6 Å². The van der Waals surface area contributed by atoms with Gasteiger partial charge < -0.3 is 19.5 Å². The van der Waals surface area contributed by atoms with Gasteiger partial charge in [-0.25, -0.2) is 4.39 Å². The molecule has 0 heterocycles. The summed E-state index contributed by atoms with van der Waals surface area (Å²) in [5.74, 6) is 0.209. The van der Waals surface area contributed by atoms with E-state index in [9.17, 15) is 9.18 Å². The highest BCUT2D eigenvalue weighted by atomic mass is 19.1. The first kappa shape index (κ1) is 16.6. The molecule has 1 amide bonds. The van der Waals surface area contributed by atoms with Crippen molar-refractivity contribution in [1.82, 2.24) is 0 Å². The molecular weight excluding hydrogens is 301 g/mol. The summed E-state index contributed by atoms with van der Waals surface area (Å²) in [6, 6.07) is 11.2. The lowest BCUT2D eigenvalue weighted by molar-refractivity contribution is -0.118. The Morgan fingerprint density at radius 3 is 2.48 bits per heavy atom. The molecule has 1 N–H and O–H groups in total. The Balaban J connectivity index is 1.93. The van der Waals surface area contributed by atoms with Crippen LogP contribution < -0.4 is 19.5 Å². The molecule has 0 fully saturated rings. The van der Waals surface area contributed by atoms with E-state index in [1.165, 1.54) is 19.2 Å². The van der Waals surface area contributed by atoms with Gasteiger partial charge in [0.15, 0.2) is 29.7 Å². The predicted molar refractivity (Wildman–Crippen MR) is 84.7 cm³/mol. The maximum Gasteiger partial charge on any atom is 0.262 e. The van der Waals surface area contributed by atoms with Crippen LogP contribution >= 0.6 is 0 Å². The zero-order valence-electron chi connectivity index (χ0n) is 13.0. The smallest absolute Gasteiger partial charge is 0.262 e. The summed E-state index contributed by atoms with van der Waals surface area (Å²) >= 11 is 0. The highest BCUT2D eigenvalue weighted by molar-refractivity contribution is 5.92. The SMILES string of the molecule is CCOc1ccc(NC(=O)COc2ccccc2OC)cc1F. The van der Waals surface area contributed by atoms with Crippen molar-refractivity contribution in [2.24, 2.45) is 0 Å². The zero-order chi connectivity index (χ0) is 16.7. The molecule has 23 heavy (non-hydrogen) atoms. The molecule has 0 aromatic heterocycles. The van der Waals surface area contributed by atoms with Gasteiger partial charge in [0.05, 0.1) is 13.7 Å². The van der Waals surface area contributed by atoms with Gasteiger partial charge in [0.1, 0.15) is 0 Å². The fourth-order valence-electron chi connectivity index (χ4n) is 1.93. The quantitative estimate of drug-likeness (QED) is 0.851. The zero-order valence-corrected chi connectivity index (χ0v) is 13.0. The standard InChI is InChI=1S/C17H18FNO4/c1-3-22-14-9-8-12(10-13(14)18)19-17(20)11-23-16-7-5-4-6-15(16)21-2/h4-10H,3,11H2,1-2H3,(H,19,20). The number of methoxy groups -OCH3 is 1. The average molecular weight is 319 g/mol. The Hall–Kier alpha value is -2.76. The van der Waals surface area contributed by atoms with Crippen LogP contribution in [-0.4, -0.2) is 26.2 Å². The van der Waals surface area contributed by atoms with Gasteiger partial charge in [-0.15, -0.1) is 0 Å². The minimum Gasteiger partial charge on any atom is -0.493 e. The number of amides is 1. The van der Waals surface area contributed by atoms with Gasteiger partial charge in [-0.1, -0.05) is 12.1 Å². The first-order valence-electron chi connectivity index (χ1n) is 7.12. The first-order valence-corrected chi connectivity index (χ1v) is 7.12. The van der Waals surface area contributed by atoms with Gasteiger partial charge in [-0.05, 0) is 31.2 Å². The largest absolute Gasteiger partial charge is 0.493 e. The van der Waals surface area contributed by atoms with Crippen LogP contribution in [0.1, 0.15) is 6.92 Å². The second kappa shape index (κ2) is 8.03. The lowest BCUT2D eigenvalue weighted by Gasteiger charge is -2.11. The third-order valence-corrected chi connectivity index (χ3v) is 2.94. The van der Waals surface area contributed by atoms with Gasteiger partial charge in [0.25, 0.3) is 5.91 Å². The fourth-order valence-corrected chi connectivity index (χ4v) is 1.93. The Labute approximate surface area is 134 Å². The van der Waals surface area contributed by atoms with Crippen LogP contribution in [0.3, 0.4) is 0 Å². The first-order chi connectivity index (χ1) is 11.1. The van der Waals surface area contributed by atoms with Crippen LogP contribution in [0.5, 0.6) is 17.2 Å². The molecule has 2 aromatic rings. The number of para-hydroxylation sites is 2. The number of rotatable bonds is 7. The third kappa shape index (κ3) is 4.60. The Bertz CT molecular complexity index is 675. The van der Waals surface area contributed by atoms with Crippen molar-refractivity contribution < 1.29 is 23.4 Å². The molecule has 0 saturated heterocycles. The number of hydrogen-bond donors (Lipinski definition) is 1. The van der Waals surface area contributed by atoms with E-state index in [4.69, 9.17) is 14.2 Å². The van der Waals surface area contributed by atoms with Crippen molar-refractivity contribution in [3.8, 4) is 17.2 Å². The number of halogens is 1. The third-order valence-electron chi connectivity index (χ3n) is 2.94. The minimum absolute atomic E-state index is 0.149. The van der Waals surface area contributed by atoms with E-state index in [0.717, 1.165) is 0 Å². The molecular formula is C17H18FNO4. The summed E-state index contributed by atoms with van der Waals surface area (Å²) in [7, 11) is 1.52. The molecule has 5 nitrogen and oxygen atoms in total. The number of carbonyl (C=O) groups is 1. The number of anilines is 1. The summed E-state index contributed by atoms with van der Waals surface area (Å²) in [6.45, 7) is 1.93. The highest BCUT2D eigenvalue weighted by Gasteiger charge is 2.09. The van der Waals surface area contributed by atoms with E-state index >= 15 is 0 Å².